The largest absolute Gasteiger partial charge is 0.497 e. The van der Waals surface area contributed by atoms with Crippen LogP contribution in [0.5, 0.6) is 5.75 Å². The average molecular weight is 275 g/mol. The molecule has 0 amide bonds. The number of ether oxygens (including phenoxy) is 1. The SMILES string of the molecule is COc1cccc(S(=O)Cc2cccc(N)c2C)c1. The minimum absolute atomic E-state index is 0.462. The van der Waals surface area contributed by atoms with E-state index in [1.807, 2.05) is 43.3 Å². The lowest BCUT2D eigenvalue weighted by atomic mass is 10.1. The first kappa shape index (κ1) is 13.6. The zero-order chi connectivity index (χ0) is 13.8. The fourth-order valence-corrected chi connectivity index (χ4v) is 3.07. The fourth-order valence-electron chi connectivity index (χ4n) is 1.83. The Hall–Kier alpha value is -1.81. The third-order valence-corrected chi connectivity index (χ3v) is 4.43. The van der Waals surface area contributed by atoms with Gasteiger partial charge < -0.3 is 10.5 Å². The van der Waals surface area contributed by atoms with Crippen LogP contribution in [0.3, 0.4) is 0 Å². The van der Waals surface area contributed by atoms with E-state index in [9.17, 15) is 4.21 Å². The smallest absolute Gasteiger partial charge is 0.120 e. The maximum absolute atomic E-state index is 12.4. The summed E-state index contributed by atoms with van der Waals surface area (Å²) >= 11 is 0. The van der Waals surface area contributed by atoms with Crippen molar-refractivity contribution in [3.63, 3.8) is 0 Å². The molecule has 2 N–H and O–H groups in total. The van der Waals surface area contributed by atoms with Gasteiger partial charge in [0.1, 0.15) is 5.75 Å². The second-order valence-electron chi connectivity index (χ2n) is 4.30. The van der Waals surface area contributed by atoms with Crippen LogP contribution < -0.4 is 10.5 Å². The molecule has 2 aromatic rings. The van der Waals surface area contributed by atoms with Crippen LogP contribution in [0.15, 0.2) is 47.4 Å². The molecule has 0 fully saturated rings. The standard InChI is InChI=1S/C15H17NO2S/c1-11-12(5-3-8-15(11)16)10-19(17)14-7-4-6-13(9-14)18-2/h3-9H,10,16H2,1-2H3. The van der Waals surface area contributed by atoms with E-state index in [-0.39, 0.29) is 0 Å². The van der Waals surface area contributed by atoms with Crippen molar-refractivity contribution in [3.05, 3.63) is 53.6 Å². The zero-order valence-electron chi connectivity index (χ0n) is 11.1. The van der Waals surface area contributed by atoms with Gasteiger partial charge in [0, 0.05) is 10.6 Å². The Balaban J connectivity index is 2.23. The van der Waals surface area contributed by atoms with Crippen LogP contribution in [-0.4, -0.2) is 11.3 Å². The minimum Gasteiger partial charge on any atom is -0.497 e. The van der Waals surface area contributed by atoms with Crippen LogP contribution in [-0.2, 0) is 16.6 Å². The van der Waals surface area contributed by atoms with Crippen molar-refractivity contribution in [1.82, 2.24) is 0 Å². The Morgan fingerprint density at radius 3 is 2.68 bits per heavy atom. The quantitative estimate of drug-likeness (QED) is 0.873. The Kier molecular flexibility index (Phi) is 4.22. The molecule has 0 bridgehead atoms. The summed E-state index contributed by atoms with van der Waals surface area (Å²) in [6.07, 6.45) is 0. The number of hydrogen-bond acceptors (Lipinski definition) is 3. The van der Waals surface area contributed by atoms with Crippen molar-refractivity contribution in [2.24, 2.45) is 0 Å². The molecule has 0 saturated carbocycles. The second kappa shape index (κ2) is 5.89. The first-order valence-corrected chi connectivity index (χ1v) is 7.30. The molecule has 0 aliphatic heterocycles. The van der Waals surface area contributed by atoms with E-state index >= 15 is 0 Å². The highest BCUT2D eigenvalue weighted by Crippen LogP contribution is 2.21. The van der Waals surface area contributed by atoms with Crippen LogP contribution in [0.4, 0.5) is 5.69 Å². The maximum Gasteiger partial charge on any atom is 0.120 e. The number of benzene rings is 2. The van der Waals surface area contributed by atoms with Crippen LogP contribution in [0.2, 0.25) is 0 Å². The highest BCUT2D eigenvalue weighted by atomic mass is 32.2. The molecule has 0 heterocycles. The van der Waals surface area contributed by atoms with E-state index in [4.69, 9.17) is 10.5 Å². The number of hydrogen-bond donors (Lipinski definition) is 1. The van der Waals surface area contributed by atoms with Crippen molar-refractivity contribution < 1.29 is 8.95 Å². The molecule has 0 spiro atoms. The van der Waals surface area contributed by atoms with Gasteiger partial charge in [-0.1, -0.05) is 18.2 Å². The highest BCUT2D eigenvalue weighted by molar-refractivity contribution is 7.84. The molecule has 0 aromatic heterocycles. The van der Waals surface area contributed by atoms with E-state index in [0.29, 0.717) is 5.75 Å². The van der Waals surface area contributed by atoms with Crippen molar-refractivity contribution >= 4 is 16.5 Å². The van der Waals surface area contributed by atoms with Gasteiger partial charge in [0.15, 0.2) is 0 Å². The monoisotopic (exact) mass is 275 g/mol. The normalized spacial score (nSPS) is 12.1. The summed E-state index contributed by atoms with van der Waals surface area (Å²) in [5.74, 6) is 1.18. The fraction of sp³-hybridized carbons (Fsp3) is 0.200. The lowest BCUT2D eigenvalue weighted by molar-refractivity contribution is 0.413. The molecule has 19 heavy (non-hydrogen) atoms. The summed E-state index contributed by atoms with van der Waals surface area (Å²) in [4.78, 5) is 0.765. The van der Waals surface area contributed by atoms with Gasteiger partial charge >= 0.3 is 0 Å². The first-order chi connectivity index (χ1) is 9.11. The molecular weight excluding hydrogens is 258 g/mol. The summed E-state index contributed by atoms with van der Waals surface area (Å²) in [5.41, 5.74) is 8.61. The van der Waals surface area contributed by atoms with Crippen LogP contribution in [0.25, 0.3) is 0 Å². The molecule has 4 heteroatoms. The molecule has 2 rings (SSSR count). The van der Waals surface area contributed by atoms with E-state index in [0.717, 1.165) is 27.5 Å². The minimum atomic E-state index is -1.10. The van der Waals surface area contributed by atoms with Crippen molar-refractivity contribution in [2.75, 3.05) is 12.8 Å². The van der Waals surface area contributed by atoms with Gasteiger partial charge in [0.05, 0.1) is 23.7 Å². The summed E-state index contributed by atoms with van der Waals surface area (Å²) < 4.78 is 17.5. The number of nitrogen functional groups attached to an aromatic ring is 1. The first-order valence-electron chi connectivity index (χ1n) is 5.98. The lowest BCUT2D eigenvalue weighted by Gasteiger charge is -2.09. The summed E-state index contributed by atoms with van der Waals surface area (Å²) in [7, 11) is 0.501. The molecular formula is C15H17NO2S. The number of anilines is 1. The predicted molar refractivity (Wildman–Crippen MR) is 78.7 cm³/mol. The average Bonchev–Trinajstić information content (AvgIpc) is 2.44. The van der Waals surface area contributed by atoms with Crippen molar-refractivity contribution in [1.29, 1.82) is 0 Å². The Morgan fingerprint density at radius 1 is 1.21 bits per heavy atom. The Labute approximate surface area is 115 Å². The molecule has 1 unspecified atom stereocenters. The Morgan fingerprint density at radius 2 is 1.95 bits per heavy atom. The van der Waals surface area contributed by atoms with Crippen molar-refractivity contribution in [3.8, 4) is 5.75 Å². The third-order valence-electron chi connectivity index (χ3n) is 3.08. The van der Waals surface area contributed by atoms with Crippen molar-refractivity contribution in [2.45, 2.75) is 17.6 Å². The van der Waals surface area contributed by atoms with Crippen LogP contribution in [0, 0.1) is 6.92 Å². The van der Waals surface area contributed by atoms with E-state index < -0.39 is 10.8 Å². The molecule has 0 aliphatic carbocycles. The molecule has 0 saturated heterocycles. The topological polar surface area (TPSA) is 52.3 Å². The van der Waals surface area contributed by atoms with E-state index in [2.05, 4.69) is 0 Å². The summed E-state index contributed by atoms with van der Waals surface area (Å²) in [5, 5.41) is 0. The maximum atomic E-state index is 12.4. The highest BCUT2D eigenvalue weighted by Gasteiger charge is 2.09. The second-order valence-corrected chi connectivity index (χ2v) is 5.75. The molecule has 2 aromatic carbocycles. The number of methoxy groups -OCH3 is 1. The van der Waals surface area contributed by atoms with Gasteiger partial charge in [-0.15, -0.1) is 0 Å². The predicted octanol–water partition coefficient (Wildman–Crippen LogP) is 2.89. The van der Waals surface area contributed by atoms with Gasteiger partial charge in [-0.3, -0.25) is 4.21 Å². The Bertz CT molecular complexity index is 611. The lowest BCUT2D eigenvalue weighted by Crippen LogP contribution is -2.01. The summed E-state index contributed by atoms with van der Waals surface area (Å²) in [6.45, 7) is 1.95. The zero-order valence-corrected chi connectivity index (χ0v) is 11.9. The molecule has 0 aliphatic rings. The van der Waals surface area contributed by atoms with Crippen LogP contribution in [0.1, 0.15) is 11.1 Å². The van der Waals surface area contributed by atoms with Gasteiger partial charge in [-0.25, -0.2) is 0 Å². The number of rotatable bonds is 4. The van der Waals surface area contributed by atoms with Gasteiger partial charge in [-0.05, 0) is 42.3 Å². The molecule has 0 radical (unpaired) electrons. The van der Waals surface area contributed by atoms with E-state index in [1.54, 1.807) is 13.2 Å². The number of nitrogens with two attached hydrogens (primary N) is 1. The van der Waals surface area contributed by atoms with Gasteiger partial charge in [-0.2, -0.15) is 0 Å². The van der Waals surface area contributed by atoms with Gasteiger partial charge in [0.2, 0.25) is 0 Å². The molecule has 100 valence electrons. The third kappa shape index (κ3) is 3.15. The van der Waals surface area contributed by atoms with Gasteiger partial charge in [0.25, 0.3) is 0 Å². The molecule has 3 nitrogen and oxygen atoms in total. The summed E-state index contributed by atoms with van der Waals surface area (Å²) in [6, 6.07) is 13.0. The van der Waals surface area contributed by atoms with Crippen LogP contribution >= 0.6 is 0 Å². The van der Waals surface area contributed by atoms with E-state index in [1.165, 1.54) is 0 Å². The molecule has 1 atom stereocenters.